The van der Waals surface area contributed by atoms with E-state index in [1.807, 2.05) is 6.92 Å². The van der Waals surface area contributed by atoms with E-state index >= 15 is 0 Å². The van der Waals surface area contributed by atoms with Crippen LogP contribution < -0.4 is 10.9 Å². The fraction of sp³-hybridized carbons (Fsp3) is 0.350. The van der Waals surface area contributed by atoms with Crippen LogP contribution in [-0.2, 0) is 6.42 Å². The molecular weight excluding hydrogens is 396 g/mol. The molecule has 0 saturated heterocycles. The van der Waals surface area contributed by atoms with Crippen molar-refractivity contribution in [3.8, 4) is 5.13 Å². The summed E-state index contributed by atoms with van der Waals surface area (Å²) in [5.41, 5.74) is 2.68. The number of carbonyl (C=O) groups is 1. The Morgan fingerprint density at radius 2 is 2.11 bits per heavy atom. The van der Waals surface area contributed by atoms with Gasteiger partial charge in [-0.2, -0.15) is 4.68 Å². The van der Waals surface area contributed by atoms with Gasteiger partial charge >= 0.3 is 0 Å². The number of amides is 1. The van der Waals surface area contributed by atoms with Crippen molar-refractivity contribution in [3.63, 3.8) is 0 Å². The molecule has 2 N–H and O–H groups in total. The summed E-state index contributed by atoms with van der Waals surface area (Å²) in [5, 5.41) is 6.91. The number of aromatic amines is 1. The van der Waals surface area contributed by atoms with Gasteiger partial charge in [-0.05, 0) is 50.8 Å². The number of rotatable bonds is 6. The lowest BCUT2D eigenvalue weighted by molar-refractivity contribution is 0.103. The minimum absolute atomic E-state index is 0.103. The van der Waals surface area contributed by atoms with Gasteiger partial charge in [0.1, 0.15) is 4.88 Å². The molecule has 28 heavy (non-hydrogen) atoms. The van der Waals surface area contributed by atoms with E-state index in [2.05, 4.69) is 29.2 Å². The average molecular weight is 419 g/mol. The highest BCUT2D eigenvalue weighted by atomic mass is 35.5. The van der Waals surface area contributed by atoms with Crippen molar-refractivity contribution in [1.29, 1.82) is 0 Å². The third-order valence-electron chi connectivity index (χ3n) is 4.43. The molecule has 6 nitrogen and oxygen atoms in total. The van der Waals surface area contributed by atoms with E-state index in [0.29, 0.717) is 32.3 Å². The van der Waals surface area contributed by atoms with Crippen LogP contribution in [0.2, 0.25) is 5.02 Å². The number of anilines is 1. The van der Waals surface area contributed by atoms with Crippen molar-refractivity contribution in [2.45, 2.75) is 40.5 Å². The SMILES string of the molecule is Cc1nc(-n2[nH]c(C)c(CCC(C)C)c2=O)sc1C(=O)Nc1cccc(Cl)c1. The summed E-state index contributed by atoms with van der Waals surface area (Å²) >= 11 is 7.15. The molecule has 0 atom stereocenters. The Balaban J connectivity index is 1.87. The Labute approximate surface area is 172 Å². The topological polar surface area (TPSA) is 79.8 Å². The standard InChI is InChI=1S/C20H23ClN4O2S/c1-11(2)8-9-16-12(3)24-25(19(16)27)20-22-13(4)17(28-20)18(26)23-15-7-5-6-14(21)10-15/h5-7,10-11,24H,8-9H2,1-4H3,(H,23,26). The van der Waals surface area contributed by atoms with Crippen molar-refractivity contribution in [3.05, 3.63) is 61.5 Å². The lowest BCUT2D eigenvalue weighted by Crippen LogP contribution is -2.17. The van der Waals surface area contributed by atoms with E-state index in [4.69, 9.17) is 11.6 Å². The zero-order chi connectivity index (χ0) is 20.4. The van der Waals surface area contributed by atoms with Gasteiger partial charge in [-0.3, -0.25) is 14.7 Å². The van der Waals surface area contributed by atoms with Crippen LogP contribution >= 0.6 is 22.9 Å². The molecule has 148 valence electrons. The minimum atomic E-state index is -0.278. The zero-order valence-electron chi connectivity index (χ0n) is 16.3. The maximum atomic E-state index is 12.8. The molecule has 0 unspecified atom stereocenters. The third-order valence-corrected chi connectivity index (χ3v) is 5.81. The van der Waals surface area contributed by atoms with Crippen molar-refractivity contribution in [1.82, 2.24) is 14.8 Å². The molecule has 1 aromatic carbocycles. The summed E-state index contributed by atoms with van der Waals surface area (Å²) < 4.78 is 1.43. The van der Waals surface area contributed by atoms with Gasteiger partial charge in [-0.25, -0.2) is 4.98 Å². The van der Waals surface area contributed by atoms with Crippen LogP contribution in [-0.4, -0.2) is 20.7 Å². The van der Waals surface area contributed by atoms with E-state index in [-0.39, 0.29) is 11.5 Å². The van der Waals surface area contributed by atoms with Gasteiger partial charge in [0.25, 0.3) is 11.5 Å². The van der Waals surface area contributed by atoms with Gasteiger partial charge in [0.2, 0.25) is 5.13 Å². The predicted molar refractivity (Wildman–Crippen MR) is 114 cm³/mol. The second kappa shape index (κ2) is 8.32. The van der Waals surface area contributed by atoms with Gasteiger partial charge < -0.3 is 5.32 Å². The number of aromatic nitrogens is 3. The van der Waals surface area contributed by atoms with Gasteiger partial charge in [0, 0.05) is 22.0 Å². The number of thiazole rings is 1. The summed E-state index contributed by atoms with van der Waals surface area (Å²) in [6, 6.07) is 6.95. The van der Waals surface area contributed by atoms with Crippen LogP contribution in [0.5, 0.6) is 0 Å². The molecule has 0 bridgehead atoms. The molecule has 0 fully saturated rings. The molecule has 0 aliphatic rings. The van der Waals surface area contributed by atoms with Crippen LogP contribution in [0.1, 0.15) is 46.9 Å². The number of nitrogens with zero attached hydrogens (tertiary/aromatic N) is 2. The quantitative estimate of drug-likeness (QED) is 0.607. The highest BCUT2D eigenvalue weighted by Gasteiger charge is 2.20. The Bertz CT molecular complexity index is 1060. The van der Waals surface area contributed by atoms with E-state index in [1.165, 1.54) is 16.0 Å². The Hall–Kier alpha value is -2.38. The molecular formula is C20H23ClN4O2S. The maximum Gasteiger partial charge on any atom is 0.276 e. The summed E-state index contributed by atoms with van der Waals surface area (Å²) in [6.45, 7) is 7.92. The largest absolute Gasteiger partial charge is 0.321 e. The molecule has 0 saturated carbocycles. The number of nitrogens with one attached hydrogen (secondary N) is 2. The first-order valence-corrected chi connectivity index (χ1v) is 10.3. The van der Waals surface area contributed by atoms with E-state index < -0.39 is 0 Å². The van der Waals surface area contributed by atoms with Crippen LogP contribution in [0.3, 0.4) is 0 Å². The molecule has 3 aromatic rings. The zero-order valence-corrected chi connectivity index (χ0v) is 17.9. The number of hydrogen-bond donors (Lipinski definition) is 2. The fourth-order valence-corrected chi connectivity index (χ4v) is 4.00. The molecule has 0 radical (unpaired) electrons. The number of aryl methyl sites for hydroxylation is 2. The Morgan fingerprint density at radius 3 is 2.79 bits per heavy atom. The highest BCUT2D eigenvalue weighted by Crippen LogP contribution is 2.23. The van der Waals surface area contributed by atoms with Gasteiger partial charge in [0.05, 0.1) is 5.69 Å². The lowest BCUT2D eigenvalue weighted by Gasteiger charge is -2.03. The van der Waals surface area contributed by atoms with Crippen LogP contribution in [0, 0.1) is 19.8 Å². The number of hydrogen-bond acceptors (Lipinski definition) is 4. The number of halogens is 1. The van der Waals surface area contributed by atoms with Crippen molar-refractivity contribution >= 4 is 34.5 Å². The van der Waals surface area contributed by atoms with Crippen molar-refractivity contribution < 1.29 is 4.79 Å². The highest BCUT2D eigenvalue weighted by molar-refractivity contribution is 7.16. The number of carbonyl (C=O) groups excluding carboxylic acids is 1. The first kappa shape index (κ1) is 20.4. The summed E-state index contributed by atoms with van der Waals surface area (Å²) in [6.07, 6.45) is 1.66. The predicted octanol–water partition coefficient (Wildman–Crippen LogP) is 4.73. The number of H-pyrrole nitrogens is 1. The maximum absolute atomic E-state index is 12.8. The van der Waals surface area contributed by atoms with Crippen LogP contribution in [0.15, 0.2) is 29.1 Å². The van der Waals surface area contributed by atoms with Crippen LogP contribution in [0.25, 0.3) is 5.13 Å². The molecule has 0 aliphatic carbocycles. The summed E-state index contributed by atoms with van der Waals surface area (Å²) in [5.74, 6) is 0.242. The normalized spacial score (nSPS) is 11.2. The minimum Gasteiger partial charge on any atom is -0.321 e. The molecule has 0 aliphatic heterocycles. The lowest BCUT2D eigenvalue weighted by atomic mass is 10.0. The van der Waals surface area contributed by atoms with Crippen molar-refractivity contribution in [2.24, 2.45) is 5.92 Å². The Kier molecular flexibility index (Phi) is 6.05. The summed E-state index contributed by atoms with van der Waals surface area (Å²) in [4.78, 5) is 30.3. The molecule has 0 spiro atoms. The molecule has 1 amide bonds. The van der Waals surface area contributed by atoms with Gasteiger partial charge in [-0.1, -0.05) is 42.9 Å². The molecule has 2 aromatic heterocycles. The van der Waals surface area contributed by atoms with Gasteiger partial charge in [0.15, 0.2) is 0 Å². The van der Waals surface area contributed by atoms with Gasteiger partial charge in [-0.15, -0.1) is 0 Å². The number of benzene rings is 1. The second-order valence-corrected chi connectivity index (χ2v) is 8.58. The van der Waals surface area contributed by atoms with E-state index in [0.717, 1.165) is 24.1 Å². The summed E-state index contributed by atoms with van der Waals surface area (Å²) in [7, 11) is 0. The first-order chi connectivity index (χ1) is 13.3. The third kappa shape index (κ3) is 4.36. The molecule has 3 rings (SSSR count). The average Bonchev–Trinajstić information content (AvgIpc) is 3.13. The van der Waals surface area contributed by atoms with Crippen LogP contribution in [0.4, 0.5) is 5.69 Å². The van der Waals surface area contributed by atoms with E-state index in [9.17, 15) is 9.59 Å². The second-order valence-electron chi connectivity index (χ2n) is 7.16. The molecule has 8 heteroatoms. The smallest absolute Gasteiger partial charge is 0.276 e. The monoisotopic (exact) mass is 418 g/mol. The van der Waals surface area contributed by atoms with Crippen molar-refractivity contribution in [2.75, 3.05) is 5.32 Å². The first-order valence-electron chi connectivity index (χ1n) is 9.11. The molecule has 2 heterocycles. The Morgan fingerprint density at radius 1 is 1.36 bits per heavy atom. The fourth-order valence-electron chi connectivity index (χ4n) is 2.89. The van der Waals surface area contributed by atoms with E-state index in [1.54, 1.807) is 31.2 Å².